The Morgan fingerprint density at radius 2 is 2.00 bits per heavy atom. The number of ether oxygens (including phenoxy) is 1. The van der Waals surface area contributed by atoms with Gasteiger partial charge >= 0.3 is 12.1 Å². The molecule has 0 radical (unpaired) electrons. The van der Waals surface area contributed by atoms with E-state index < -0.39 is 17.8 Å². The molecule has 100 valence electrons. The van der Waals surface area contributed by atoms with Crippen molar-refractivity contribution in [2.24, 2.45) is 0 Å². The first-order valence-corrected chi connectivity index (χ1v) is 5.46. The first kappa shape index (κ1) is 13.6. The van der Waals surface area contributed by atoms with Crippen molar-refractivity contribution in [3.63, 3.8) is 0 Å². The number of esters is 1. The summed E-state index contributed by atoms with van der Waals surface area (Å²) in [5.41, 5.74) is -0.818. The molecule has 0 aliphatic carbocycles. The van der Waals surface area contributed by atoms with E-state index in [2.05, 4.69) is 9.72 Å². The van der Waals surface area contributed by atoms with E-state index in [0.29, 0.717) is 0 Å². The van der Waals surface area contributed by atoms with Gasteiger partial charge in [0.15, 0.2) is 0 Å². The number of pyridine rings is 1. The Balaban J connectivity index is 2.63. The molecule has 0 fully saturated rings. The average Bonchev–Trinajstić information content (AvgIpc) is 2.36. The van der Waals surface area contributed by atoms with Gasteiger partial charge in [-0.15, -0.1) is 0 Å². The lowest BCUT2D eigenvalue weighted by Gasteiger charge is -2.09. The van der Waals surface area contributed by atoms with Gasteiger partial charge in [0.05, 0.1) is 23.2 Å². The molecule has 0 N–H and O–H groups in total. The number of methoxy groups -OCH3 is 1. The van der Waals surface area contributed by atoms with Crippen LogP contribution in [0.1, 0.15) is 16.1 Å². The minimum atomic E-state index is -4.57. The van der Waals surface area contributed by atoms with Crippen LogP contribution in [0.15, 0.2) is 24.3 Å². The number of hydrogen-bond donors (Lipinski definition) is 0. The zero-order valence-corrected chi connectivity index (χ0v) is 10.3. The Morgan fingerprint density at radius 1 is 1.32 bits per heavy atom. The summed E-state index contributed by atoms with van der Waals surface area (Å²) in [6, 6.07) is 4.70. The Kier molecular flexibility index (Phi) is 3.36. The molecule has 1 aromatic heterocycles. The summed E-state index contributed by atoms with van der Waals surface area (Å²) >= 11 is 5.80. The number of nitrogens with zero attached hydrogens (tertiary/aromatic N) is 1. The highest BCUT2D eigenvalue weighted by Crippen LogP contribution is 2.33. The molecule has 2 rings (SSSR count). The number of carbonyl (C=O) groups is 1. The van der Waals surface area contributed by atoms with Crippen LogP contribution in [-0.2, 0) is 10.9 Å². The third kappa shape index (κ3) is 2.63. The zero-order chi connectivity index (χ0) is 14.2. The van der Waals surface area contributed by atoms with Crippen LogP contribution in [0.4, 0.5) is 13.2 Å². The van der Waals surface area contributed by atoms with Crippen LogP contribution >= 0.6 is 11.6 Å². The molecule has 0 saturated heterocycles. The van der Waals surface area contributed by atoms with E-state index in [1.165, 1.54) is 25.3 Å². The number of carbonyl (C=O) groups excluding carboxylic acids is 1. The van der Waals surface area contributed by atoms with Gasteiger partial charge in [0.1, 0.15) is 5.69 Å². The molecule has 1 heterocycles. The number of aromatic nitrogens is 1. The predicted molar refractivity (Wildman–Crippen MR) is 63.1 cm³/mol. The maximum Gasteiger partial charge on any atom is 0.433 e. The lowest BCUT2D eigenvalue weighted by molar-refractivity contribution is -0.140. The summed E-state index contributed by atoms with van der Waals surface area (Å²) < 4.78 is 42.2. The smallest absolute Gasteiger partial charge is 0.433 e. The molecule has 0 unspecified atom stereocenters. The van der Waals surface area contributed by atoms with Crippen molar-refractivity contribution in [2.75, 3.05) is 7.11 Å². The Labute approximate surface area is 111 Å². The number of benzene rings is 1. The van der Waals surface area contributed by atoms with Crippen LogP contribution in [0.5, 0.6) is 0 Å². The second kappa shape index (κ2) is 4.70. The van der Waals surface area contributed by atoms with Crippen molar-refractivity contribution in [2.45, 2.75) is 6.18 Å². The molecule has 2 aromatic rings. The van der Waals surface area contributed by atoms with Crippen molar-refractivity contribution < 1.29 is 22.7 Å². The molecule has 19 heavy (non-hydrogen) atoms. The lowest BCUT2D eigenvalue weighted by Crippen LogP contribution is -2.08. The number of fused-ring (bicyclic) bond motifs is 1. The van der Waals surface area contributed by atoms with Crippen molar-refractivity contribution >= 4 is 28.5 Å². The third-order valence-corrected chi connectivity index (χ3v) is 2.78. The summed E-state index contributed by atoms with van der Waals surface area (Å²) in [5, 5.41) is 0.139. The molecule has 0 atom stereocenters. The van der Waals surface area contributed by atoms with Gasteiger partial charge in [-0.1, -0.05) is 11.6 Å². The highest BCUT2D eigenvalue weighted by molar-refractivity contribution is 6.35. The van der Waals surface area contributed by atoms with Crippen molar-refractivity contribution in [1.82, 2.24) is 4.98 Å². The molecule has 0 amide bonds. The molecule has 0 saturated carbocycles. The van der Waals surface area contributed by atoms with Gasteiger partial charge in [-0.05, 0) is 24.3 Å². The maximum absolute atomic E-state index is 12.6. The monoisotopic (exact) mass is 289 g/mol. The highest BCUT2D eigenvalue weighted by Gasteiger charge is 2.33. The standard InChI is InChI=1S/C12H7ClF3NO2/c1-19-11(18)6-2-3-9-7(4-6)8(13)5-10(17-9)12(14,15)16/h2-5H,1H3. The van der Waals surface area contributed by atoms with E-state index in [-0.39, 0.29) is 21.5 Å². The quantitative estimate of drug-likeness (QED) is 0.752. The van der Waals surface area contributed by atoms with Gasteiger partial charge in [-0.2, -0.15) is 13.2 Å². The fraction of sp³-hybridized carbons (Fsp3) is 0.167. The second-order valence-electron chi connectivity index (χ2n) is 3.71. The van der Waals surface area contributed by atoms with E-state index in [1.807, 2.05) is 0 Å². The van der Waals surface area contributed by atoms with Gasteiger partial charge in [0.2, 0.25) is 0 Å². The molecule has 0 bridgehead atoms. The summed E-state index contributed by atoms with van der Waals surface area (Å²) in [5.74, 6) is -0.599. The molecular weight excluding hydrogens is 283 g/mol. The van der Waals surface area contributed by atoms with Crippen LogP contribution in [0.2, 0.25) is 5.02 Å². The van der Waals surface area contributed by atoms with E-state index in [0.717, 1.165) is 6.07 Å². The van der Waals surface area contributed by atoms with Crippen molar-refractivity contribution in [3.05, 3.63) is 40.5 Å². The third-order valence-electron chi connectivity index (χ3n) is 2.47. The van der Waals surface area contributed by atoms with E-state index in [9.17, 15) is 18.0 Å². The molecule has 3 nitrogen and oxygen atoms in total. The Hall–Kier alpha value is -1.82. The van der Waals surface area contributed by atoms with Crippen LogP contribution in [-0.4, -0.2) is 18.1 Å². The first-order chi connectivity index (χ1) is 8.82. The minimum Gasteiger partial charge on any atom is -0.465 e. The lowest BCUT2D eigenvalue weighted by atomic mass is 10.1. The van der Waals surface area contributed by atoms with Crippen molar-refractivity contribution in [1.29, 1.82) is 0 Å². The maximum atomic E-state index is 12.6. The fourth-order valence-corrected chi connectivity index (χ4v) is 1.83. The SMILES string of the molecule is COC(=O)c1ccc2nc(C(F)(F)F)cc(Cl)c2c1. The van der Waals surface area contributed by atoms with Crippen molar-refractivity contribution in [3.8, 4) is 0 Å². The predicted octanol–water partition coefficient (Wildman–Crippen LogP) is 3.69. The van der Waals surface area contributed by atoms with Crippen LogP contribution < -0.4 is 0 Å². The van der Waals surface area contributed by atoms with Gasteiger partial charge in [-0.3, -0.25) is 0 Å². The molecular formula is C12H7ClF3NO2. The van der Waals surface area contributed by atoms with Gasteiger partial charge < -0.3 is 4.74 Å². The summed E-state index contributed by atoms with van der Waals surface area (Å²) in [6.45, 7) is 0. The van der Waals surface area contributed by atoms with Gasteiger partial charge in [0.25, 0.3) is 0 Å². The Bertz CT molecular complexity index is 655. The topological polar surface area (TPSA) is 39.2 Å². The average molecular weight is 290 g/mol. The molecule has 0 aliphatic heterocycles. The van der Waals surface area contributed by atoms with Gasteiger partial charge in [-0.25, -0.2) is 9.78 Å². The number of halogens is 4. The highest BCUT2D eigenvalue weighted by atomic mass is 35.5. The van der Waals surface area contributed by atoms with Crippen LogP contribution in [0.25, 0.3) is 10.9 Å². The minimum absolute atomic E-state index is 0.0625. The van der Waals surface area contributed by atoms with Crippen LogP contribution in [0, 0.1) is 0 Å². The molecule has 1 aromatic carbocycles. The van der Waals surface area contributed by atoms with E-state index in [4.69, 9.17) is 11.6 Å². The number of hydrogen-bond acceptors (Lipinski definition) is 3. The molecule has 7 heteroatoms. The summed E-state index contributed by atoms with van der Waals surface area (Å²) in [4.78, 5) is 14.8. The Morgan fingerprint density at radius 3 is 2.58 bits per heavy atom. The second-order valence-corrected chi connectivity index (χ2v) is 4.12. The van der Waals surface area contributed by atoms with Crippen LogP contribution in [0.3, 0.4) is 0 Å². The largest absolute Gasteiger partial charge is 0.465 e. The summed E-state index contributed by atoms with van der Waals surface area (Å²) in [6.07, 6.45) is -4.57. The van der Waals surface area contributed by atoms with E-state index >= 15 is 0 Å². The van der Waals surface area contributed by atoms with Gasteiger partial charge in [0, 0.05) is 5.39 Å². The molecule has 0 aliphatic rings. The normalized spacial score (nSPS) is 11.6. The fourth-order valence-electron chi connectivity index (χ4n) is 1.57. The summed E-state index contributed by atoms with van der Waals surface area (Å²) in [7, 11) is 1.21. The zero-order valence-electron chi connectivity index (χ0n) is 9.58. The number of rotatable bonds is 1. The number of alkyl halides is 3. The first-order valence-electron chi connectivity index (χ1n) is 5.09. The molecule has 0 spiro atoms. The van der Waals surface area contributed by atoms with E-state index in [1.54, 1.807) is 0 Å².